The Morgan fingerprint density at radius 2 is 2.44 bits per heavy atom. The number of amides is 2. The average molecular weight is 227 g/mol. The van der Waals surface area contributed by atoms with Gasteiger partial charge in [-0.15, -0.1) is 0 Å². The summed E-state index contributed by atoms with van der Waals surface area (Å²) in [4.78, 5) is 22.7. The summed E-state index contributed by atoms with van der Waals surface area (Å²) in [6, 6.07) is 0.0446. The molecule has 16 heavy (non-hydrogen) atoms. The Labute approximate surface area is 96.1 Å². The molecule has 0 spiro atoms. The normalized spacial score (nSPS) is 21.6. The molecule has 1 fully saturated rings. The quantitative estimate of drug-likeness (QED) is 0.585. The summed E-state index contributed by atoms with van der Waals surface area (Å²) in [6.45, 7) is 3.02. The Morgan fingerprint density at radius 1 is 1.69 bits per heavy atom. The van der Waals surface area contributed by atoms with E-state index < -0.39 is 0 Å². The number of hydrogen-bond donors (Lipinski definition) is 3. The predicted molar refractivity (Wildman–Crippen MR) is 61.6 cm³/mol. The van der Waals surface area contributed by atoms with Crippen LogP contribution in [0.25, 0.3) is 0 Å². The Balaban J connectivity index is 2.33. The maximum Gasteiger partial charge on any atom is 0.225 e. The summed E-state index contributed by atoms with van der Waals surface area (Å²) < 4.78 is 0. The minimum Gasteiger partial charge on any atom is -0.355 e. The fourth-order valence-electron chi connectivity index (χ4n) is 1.81. The maximum absolute atomic E-state index is 11.8. The van der Waals surface area contributed by atoms with Gasteiger partial charge in [0.15, 0.2) is 0 Å². The number of hydrogen-bond acceptors (Lipinski definition) is 3. The molecule has 0 bridgehead atoms. The van der Waals surface area contributed by atoms with Crippen molar-refractivity contribution in [2.75, 3.05) is 13.1 Å². The van der Waals surface area contributed by atoms with Crippen molar-refractivity contribution in [2.45, 2.75) is 38.6 Å². The second kappa shape index (κ2) is 6.48. The van der Waals surface area contributed by atoms with E-state index in [1.54, 1.807) is 0 Å². The Bertz CT molecular complexity index is 256. The first-order valence-corrected chi connectivity index (χ1v) is 5.94. The summed E-state index contributed by atoms with van der Waals surface area (Å²) in [5.41, 5.74) is 5.59. The molecule has 92 valence electrons. The molecular weight excluding hydrogens is 206 g/mol. The van der Waals surface area contributed by atoms with Crippen LogP contribution in [0.4, 0.5) is 0 Å². The van der Waals surface area contributed by atoms with Crippen molar-refractivity contribution in [3.8, 4) is 0 Å². The van der Waals surface area contributed by atoms with Crippen LogP contribution in [-0.2, 0) is 9.59 Å². The molecule has 2 atom stereocenters. The van der Waals surface area contributed by atoms with E-state index in [2.05, 4.69) is 17.6 Å². The van der Waals surface area contributed by atoms with Crippen LogP contribution < -0.4 is 16.4 Å². The lowest BCUT2D eigenvalue weighted by atomic mass is 10.1. The third-order valence-electron chi connectivity index (χ3n) is 2.89. The first-order valence-electron chi connectivity index (χ1n) is 5.94. The van der Waals surface area contributed by atoms with Crippen LogP contribution in [0.1, 0.15) is 32.6 Å². The van der Waals surface area contributed by atoms with Crippen LogP contribution in [0.15, 0.2) is 0 Å². The maximum atomic E-state index is 11.8. The Morgan fingerprint density at radius 3 is 2.94 bits per heavy atom. The van der Waals surface area contributed by atoms with Gasteiger partial charge in [-0.1, -0.05) is 19.8 Å². The number of nitrogens with one attached hydrogen (secondary N) is 2. The molecule has 0 aromatic rings. The molecule has 0 aliphatic carbocycles. The zero-order valence-corrected chi connectivity index (χ0v) is 9.79. The average Bonchev–Trinajstić information content (AvgIpc) is 2.70. The van der Waals surface area contributed by atoms with Gasteiger partial charge in [-0.2, -0.15) is 0 Å². The molecule has 1 aliphatic heterocycles. The SMILES string of the molecule is CCCCC(CN)NC(=O)C1CNC(=O)C1. The number of unbranched alkanes of at least 4 members (excludes halogenated alkanes) is 1. The lowest BCUT2D eigenvalue weighted by Crippen LogP contribution is -2.43. The van der Waals surface area contributed by atoms with E-state index in [1.807, 2.05) is 0 Å². The second-order valence-electron chi connectivity index (χ2n) is 4.29. The van der Waals surface area contributed by atoms with Gasteiger partial charge >= 0.3 is 0 Å². The highest BCUT2D eigenvalue weighted by atomic mass is 16.2. The van der Waals surface area contributed by atoms with Crippen molar-refractivity contribution in [2.24, 2.45) is 11.7 Å². The van der Waals surface area contributed by atoms with Gasteiger partial charge in [0.2, 0.25) is 11.8 Å². The largest absolute Gasteiger partial charge is 0.355 e. The molecule has 1 aliphatic rings. The predicted octanol–water partition coefficient (Wildman–Crippen LogP) is -0.244. The Hall–Kier alpha value is -1.10. The molecule has 5 nitrogen and oxygen atoms in total. The van der Waals surface area contributed by atoms with Crippen LogP contribution in [0, 0.1) is 5.92 Å². The first-order chi connectivity index (χ1) is 7.67. The highest BCUT2D eigenvalue weighted by molar-refractivity contribution is 5.89. The monoisotopic (exact) mass is 227 g/mol. The second-order valence-corrected chi connectivity index (χ2v) is 4.29. The van der Waals surface area contributed by atoms with Gasteiger partial charge in [0, 0.05) is 25.6 Å². The first kappa shape index (κ1) is 13.0. The summed E-state index contributed by atoms with van der Waals surface area (Å²) >= 11 is 0. The highest BCUT2D eigenvalue weighted by Gasteiger charge is 2.28. The summed E-state index contributed by atoms with van der Waals surface area (Å²) in [5, 5.41) is 5.56. The van der Waals surface area contributed by atoms with Gasteiger partial charge in [-0.25, -0.2) is 0 Å². The van der Waals surface area contributed by atoms with Crippen LogP contribution in [-0.4, -0.2) is 30.9 Å². The molecule has 1 heterocycles. The minimum absolute atomic E-state index is 0.0435. The molecule has 2 amide bonds. The van der Waals surface area contributed by atoms with Crippen molar-refractivity contribution in [3.63, 3.8) is 0 Å². The van der Waals surface area contributed by atoms with Crippen molar-refractivity contribution in [1.29, 1.82) is 0 Å². The molecule has 5 heteroatoms. The van der Waals surface area contributed by atoms with Crippen LogP contribution in [0.3, 0.4) is 0 Å². The summed E-state index contributed by atoms with van der Waals surface area (Å²) in [7, 11) is 0. The third kappa shape index (κ3) is 3.81. The van der Waals surface area contributed by atoms with Crippen molar-refractivity contribution >= 4 is 11.8 Å². The van der Waals surface area contributed by atoms with Crippen molar-refractivity contribution < 1.29 is 9.59 Å². The molecule has 4 N–H and O–H groups in total. The van der Waals surface area contributed by atoms with Crippen LogP contribution in [0.5, 0.6) is 0 Å². The number of nitrogens with two attached hydrogens (primary N) is 1. The third-order valence-corrected chi connectivity index (χ3v) is 2.89. The molecule has 1 saturated heterocycles. The fourth-order valence-corrected chi connectivity index (χ4v) is 1.81. The van der Waals surface area contributed by atoms with Gasteiger partial charge in [-0.05, 0) is 6.42 Å². The van der Waals surface area contributed by atoms with Gasteiger partial charge in [0.05, 0.1) is 5.92 Å². The minimum atomic E-state index is -0.219. The van der Waals surface area contributed by atoms with E-state index in [-0.39, 0.29) is 23.8 Å². The van der Waals surface area contributed by atoms with Crippen LogP contribution in [0.2, 0.25) is 0 Å². The van der Waals surface area contributed by atoms with Crippen molar-refractivity contribution in [3.05, 3.63) is 0 Å². The zero-order chi connectivity index (χ0) is 12.0. The van der Waals surface area contributed by atoms with E-state index in [9.17, 15) is 9.59 Å². The van der Waals surface area contributed by atoms with E-state index in [0.717, 1.165) is 19.3 Å². The lowest BCUT2D eigenvalue weighted by molar-refractivity contribution is -0.127. The fraction of sp³-hybridized carbons (Fsp3) is 0.818. The van der Waals surface area contributed by atoms with E-state index in [4.69, 9.17) is 5.73 Å². The number of rotatable bonds is 6. The lowest BCUT2D eigenvalue weighted by Gasteiger charge is -2.18. The van der Waals surface area contributed by atoms with Crippen molar-refractivity contribution in [1.82, 2.24) is 10.6 Å². The van der Waals surface area contributed by atoms with Gasteiger partial charge < -0.3 is 16.4 Å². The molecule has 0 aromatic carbocycles. The Kier molecular flexibility index (Phi) is 5.25. The molecule has 1 rings (SSSR count). The summed E-state index contributed by atoms with van der Waals surface area (Å²) in [6.07, 6.45) is 3.36. The molecule has 0 radical (unpaired) electrons. The smallest absolute Gasteiger partial charge is 0.225 e. The highest BCUT2D eigenvalue weighted by Crippen LogP contribution is 2.09. The van der Waals surface area contributed by atoms with E-state index >= 15 is 0 Å². The molecular formula is C11H21N3O2. The molecule has 2 unspecified atom stereocenters. The standard InChI is InChI=1S/C11H21N3O2/c1-2-3-4-9(6-12)14-11(16)8-5-10(15)13-7-8/h8-9H,2-7,12H2,1H3,(H,13,15)(H,14,16). The van der Waals surface area contributed by atoms with Crippen LogP contribution >= 0.6 is 0 Å². The number of carbonyl (C=O) groups is 2. The van der Waals surface area contributed by atoms with E-state index in [0.29, 0.717) is 19.5 Å². The topological polar surface area (TPSA) is 84.2 Å². The number of carbonyl (C=O) groups excluding carboxylic acids is 2. The summed E-state index contributed by atoms with van der Waals surface area (Å²) in [5.74, 6) is -0.314. The van der Waals surface area contributed by atoms with Gasteiger partial charge in [-0.3, -0.25) is 9.59 Å². The van der Waals surface area contributed by atoms with Gasteiger partial charge in [0.1, 0.15) is 0 Å². The van der Waals surface area contributed by atoms with Gasteiger partial charge in [0.25, 0.3) is 0 Å². The van der Waals surface area contributed by atoms with E-state index in [1.165, 1.54) is 0 Å². The molecule has 0 aromatic heterocycles. The molecule has 0 saturated carbocycles. The zero-order valence-electron chi connectivity index (χ0n) is 9.79.